The van der Waals surface area contributed by atoms with E-state index in [0.29, 0.717) is 23.7 Å². The predicted molar refractivity (Wildman–Crippen MR) is 182 cm³/mol. The second kappa shape index (κ2) is 14.0. The van der Waals surface area contributed by atoms with Gasteiger partial charge in [-0.3, -0.25) is 0 Å². The summed E-state index contributed by atoms with van der Waals surface area (Å²) in [5.41, 5.74) is 0. The van der Waals surface area contributed by atoms with Crippen LogP contribution in [0.1, 0.15) is 73.6 Å². The highest BCUT2D eigenvalue weighted by Gasteiger charge is 2.66. The van der Waals surface area contributed by atoms with Gasteiger partial charge in [0, 0.05) is 10.1 Å². The molecule has 0 spiro atoms. The lowest BCUT2D eigenvalue weighted by molar-refractivity contribution is -0.308. The van der Waals surface area contributed by atoms with Gasteiger partial charge in [0.2, 0.25) is 7.59 Å². The van der Waals surface area contributed by atoms with Crippen molar-refractivity contribution >= 4 is 90.4 Å². The van der Waals surface area contributed by atoms with Gasteiger partial charge in [0.1, 0.15) is 31.5 Å². The highest BCUT2D eigenvalue weighted by molar-refractivity contribution is 6.73. The molecule has 270 valence electrons. The summed E-state index contributed by atoms with van der Waals surface area (Å²) in [6, 6.07) is -1.12. The molecule has 0 aromatic rings. The summed E-state index contributed by atoms with van der Waals surface area (Å²) in [5.74, 6) is 2.13. The molecule has 17 heteroatoms. The Labute approximate surface area is 307 Å². The number of halogens is 6. The summed E-state index contributed by atoms with van der Waals surface area (Å²) in [4.78, 5) is 26.4. The minimum Gasteiger partial charge on any atom is -0.445 e. The molecule has 2 aliphatic heterocycles. The van der Waals surface area contributed by atoms with Gasteiger partial charge in [0.25, 0.3) is 0 Å². The van der Waals surface area contributed by atoms with E-state index in [1.807, 2.05) is 0 Å². The first-order valence-electron chi connectivity index (χ1n) is 16.1. The summed E-state index contributed by atoms with van der Waals surface area (Å²) < 4.78 is 39.8. The van der Waals surface area contributed by atoms with Crippen molar-refractivity contribution in [1.82, 2.24) is 5.32 Å². The van der Waals surface area contributed by atoms with Crippen LogP contribution >= 0.6 is 69.6 Å². The minimum absolute atomic E-state index is 0.106. The summed E-state index contributed by atoms with van der Waals surface area (Å²) >= 11 is 35.1. The van der Waals surface area contributed by atoms with Crippen LogP contribution in [-0.4, -0.2) is 85.0 Å². The number of alkyl halides is 6. The molecule has 0 aromatic heterocycles. The van der Waals surface area contributed by atoms with Gasteiger partial charge >= 0.3 is 20.8 Å². The molecule has 4 aliphatic carbocycles. The molecule has 10 nitrogen and oxygen atoms in total. The summed E-state index contributed by atoms with van der Waals surface area (Å²) in [6.45, 7) is 11.4. The molecule has 0 unspecified atom stereocenters. The Morgan fingerprint density at radius 1 is 0.787 bits per heavy atom. The molecule has 5 atom stereocenters. The van der Waals surface area contributed by atoms with E-state index in [4.69, 9.17) is 102 Å². The number of alkyl carbamates (subject to hydrolysis) is 1. The largest absolute Gasteiger partial charge is 0.508 e. The molecule has 0 radical (unpaired) electrons. The number of hydrogen-bond acceptors (Lipinski definition) is 9. The van der Waals surface area contributed by atoms with E-state index in [0.717, 1.165) is 25.7 Å². The Kier molecular flexibility index (Phi) is 11.5. The Bertz CT molecular complexity index is 1110. The lowest BCUT2D eigenvalue weighted by Crippen LogP contribution is -2.74. The lowest BCUT2D eigenvalue weighted by atomic mass is 9.55. The third-order valence-corrected chi connectivity index (χ3v) is 15.8. The minimum atomic E-state index is -3.14. The maximum absolute atomic E-state index is 13.2. The van der Waals surface area contributed by atoms with Crippen molar-refractivity contribution in [2.24, 2.45) is 23.7 Å². The average Bonchev–Trinajstić information content (AvgIpc) is 2.91. The zero-order chi connectivity index (χ0) is 34.7. The third kappa shape index (κ3) is 8.87. The molecule has 6 fully saturated rings. The topological polar surface area (TPSA) is 111 Å². The first-order chi connectivity index (χ1) is 21.6. The molecule has 2 heterocycles. The van der Waals surface area contributed by atoms with E-state index in [9.17, 15) is 9.59 Å². The van der Waals surface area contributed by atoms with E-state index in [2.05, 4.69) is 46.9 Å². The first-order valence-corrected chi connectivity index (χ1v) is 20.2. The van der Waals surface area contributed by atoms with E-state index in [-0.39, 0.29) is 12.7 Å². The normalized spacial score (nSPS) is 36.8. The fourth-order valence-corrected chi connectivity index (χ4v) is 14.1. The fraction of sp³-hybridized carbons (Fsp3) is 0.933. The lowest BCUT2D eigenvalue weighted by Gasteiger charge is -2.59. The van der Waals surface area contributed by atoms with E-state index >= 15 is 0 Å². The van der Waals surface area contributed by atoms with Crippen molar-refractivity contribution < 1.29 is 42.1 Å². The van der Waals surface area contributed by atoms with Crippen LogP contribution < -0.4 is 5.32 Å². The maximum Gasteiger partial charge on any atom is 0.508 e. The molecule has 47 heavy (non-hydrogen) atoms. The van der Waals surface area contributed by atoms with Gasteiger partial charge in [-0.2, -0.15) is 0 Å². The van der Waals surface area contributed by atoms with Crippen LogP contribution in [0.3, 0.4) is 0 Å². The number of amides is 1. The zero-order valence-electron chi connectivity index (χ0n) is 27.4. The zero-order valence-corrected chi connectivity index (χ0v) is 32.9. The SMILES string of the molecule is CC(C)(C)[Si]1(C(C)(C)C)OC[C@H]2O[C@@H](OC3C4CC5CC(C4)CC3C5)[C@H](NC(=O)OCC(Cl)(Cl)Cl)[C@@H](OC(=O)OCC(Cl)(Cl)Cl)[C@H]2O1. The van der Waals surface area contributed by atoms with Gasteiger partial charge in [0.15, 0.2) is 12.4 Å². The Morgan fingerprint density at radius 3 is 1.83 bits per heavy atom. The van der Waals surface area contributed by atoms with Gasteiger partial charge in [-0.25, -0.2) is 9.59 Å². The monoisotopic (exact) mass is 801 g/mol. The number of carbonyl (C=O) groups excluding carboxylic acids is 2. The van der Waals surface area contributed by atoms with Crippen molar-refractivity contribution in [3.63, 3.8) is 0 Å². The number of hydrogen-bond donors (Lipinski definition) is 1. The number of carbonyl (C=O) groups is 2. The molecule has 1 N–H and O–H groups in total. The van der Waals surface area contributed by atoms with Gasteiger partial charge < -0.3 is 37.9 Å². The highest BCUT2D eigenvalue weighted by atomic mass is 35.6. The van der Waals surface area contributed by atoms with Crippen molar-refractivity contribution in [3.8, 4) is 0 Å². The first kappa shape index (κ1) is 38.6. The quantitative estimate of drug-likeness (QED) is 0.161. The summed E-state index contributed by atoms with van der Waals surface area (Å²) in [7, 11) is -3.14. The molecular weight excluding hydrogens is 759 g/mol. The van der Waals surface area contributed by atoms with Crippen molar-refractivity contribution in [1.29, 1.82) is 0 Å². The molecule has 1 amide bonds. The number of rotatable bonds is 6. The van der Waals surface area contributed by atoms with Crippen LogP contribution in [0.2, 0.25) is 10.1 Å². The van der Waals surface area contributed by atoms with Crippen molar-refractivity contribution in [3.05, 3.63) is 0 Å². The maximum atomic E-state index is 13.2. The molecule has 0 aromatic carbocycles. The summed E-state index contributed by atoms with van der Waals surface area (Å²) in [6.07, 6.45) is -0.451. The van der Waals surface area contributed by atoms with Gasteiger partial charge in [-0.1, -0.05) is 111 Å². The van der Waals surface area contributed by atoms with Gasteiger partial charge in [-0.15, -0.1) is 0 Å². The Balaban J connectivity index is 1.49. The third-order valence-electron chi connectivity index (χ3n) is 10.0. The summed E-state index contributed by atoms with van der Waals surface area (Å²) in [5, 5.41) is 1.94. The van der Waals surface area contributed by atoms with Crippen molar-refractivity contribution in [2.45, 2.75) is 128 Å². The molecule has 2 saturated heterocycles. The second-order valence-corrected chi connectivity index (χ2v) is 25.5. The number of fused-ring (bicyclic) bond motifs is 1. The predicted octanol–water partition coefficient (Wildman–Crippen LogP) is 8.37. The van der Waals surface area contributed by atoms with Crippen LogP contribution in [0.4, 0.5) is 9.59 Å². The smallest absolute Gasteiger partial charge is 0.445 e. The van der Waals surface area contributed by atoms with Crippen LogP contribution in [0.15, 0.2) is 0 Å². The van der Waals surface area contributed by atoms with Crippen LogP contribution in [0.25, 0.3) is 0 Å². The molecule has 4 saturated carbocycles. The van der Waals surface area contributed by atoms with E-state index in [1.165, 1.54) is 6.42 Å². The average molecular weight is 804 g/mol. The van der Waals surface area contributed by atoms with Crippen LogP contribution in [-0.2, 0) is 32.5 Å². The fourth-order valence-electron chi connectivity index (χ4n) is 8.79. The van der Waals surface area contributed by atoms with Gasteiger partial charge in [-0.05, 0) is 55.8 Å². The molecular formula is C30H45Cl6NO9Si. The molecule has 6 rings (SSSR count). The molecule has 4 bridgehead atoms. The van der Waals surface area contributed by atoms with Gasteiger partial charge in [0.05, 0.1) is 12.7 Å². The van der Waals surface area contributed by atoms with E-state index in [1.54, 1.807) is 0 Å². The van der Waals surface area contributed by atoms with Crippen LogP contribution in [0, 0.1) is 23.7 Å². The highest BCUT2D eigenvalue weighted by Crippen LogP contribution is 2.57. The second-order valence-electron chi connectivity index (χ2n) is 15.7. The number of ether oxygens (including phenoxy) is 5. The standard InChI is InChI=1S/C30H45Cl6NO9Si/c1-27(2,3)47(28(4,5)6)42-12-19-22(46-47)23(45-26(39)41-14-30(34,35)36)20(37-25(38)40-13-29(31,32)33)24(43-19)44-21-17-8-15-7-16(10-17)11-18(21)9-15/h15-24H,7-14H2,1-6H3,(H,37,38)/t15?,16?,17?,18?,19-,20-,21?,22+,23-,24+/m1/s1. The molecule has 6 aliphatic rings. The Hall–Kier alpha value is 0.337. The Morgan fingerprint density at radius 2 is 1.32 bits per heavy atom. The number of nitrogens with one attached hydrogen (secondary N) is 1. The van der Waals surface area contributed by atoms with Crippen LogP contribution in [0.5, 0.6) is 0 Å². The van der Waals surface area contributed by atoms with Crippen molar-refractivity contribution in [2.75, 3.05) is 19.8 Å². The van der Waals surface area contributed by atoms with E-state index < -0.39 is 82.3 Å².